The molecule has 29 heavy (non-hydrogen) atoms. The molecule has 1 aliphatic rings. The molecule has 1 aromatic carbocycles. The standard InChI is InChI=1S/C22H28N4O3/c1-15-13-16(2)25(3)22(29)20(15)21(28)24-18-9-7-17(8-10-18)23-19(27)14-26-11-5-4-6-12-26/h7-10,13H,4-6,11-12,14H2,1-3H3,(H,23,27)(H,24,28). The van der Waals surface area contributed by atoms with Gasteiger partial charge in [0.1, 0.15) is 5.56 Å². The first-order chi connectivity index (χ1) is 13.8. The highest BCUT2D eigenvalue weighted by Gasteiger charge is 2.17. The highest BCUT2D eigenvalue weighted by molar-refractivity contribution is 6.05. The Labute approximate surface area is 170 Å². The van der Waals surface area contributed by atoms with E-state index >= 15 is 0 Å². The Bertz CT molecular complexity index is 957. The van der Waals surface area contributed by atoms with Gasteiger partial charge in [0.15, 0.2) is 0 Å². The van der Waals surface area contributed by atoms with Gasteiger partial charge in [0.2, 0.25) is 5.91 Å². The number of pyridine rings is 1. The Balaban J connectivity index is 1.62. The van der Waals surface area contributed by atoms with E-state index in [9.17, 15) is 14.4 Å². The molecule has 7 heteroatoms. The molecule has 2 amide bonds. The third kappa shape index (κ3) is 5.12. The number of aryl methyl sites for hydroxylation is 2. The number of carbonyl (C=O) groups excluding carboxylic acids is 2. The van der Waals surface area contributed by atoms with Crippen molar-refractivity contribution in [2.45, 2.75) is 33.1 Å². The number of likely N-dealkylation sites (tertiary alicyclic amines) is 1. The number of piperidine rings is 1. The van der Waals surface area contributed by atoms with E-state index in [0.29, 0.717) is 23.5 Å². The fourth-order valence-electron chi connectivity index (χ4n) is 3.61. The van der Waals surface area contributed by atoms with Crippen molar-refractivity contribution >= 4 is 23.2 Å². The Kier molecular flexibility index (Phi) is 6.49. The van der Waals surface area contributed by atoms with Gasteiger partial charge in [-0.05, 0) is 75.7 Å². The molecule has 2 N–H and O–H groups in total. The second-order valence-corrected chi connectivity index (χ2v) is 7.62. The lowest BCUT2D eigenvalue weighted by Crippen LogP contribution is -2.36. The SMILES string of the molecule is Cc1cc(C)n(C)c(=O)c1C(=O)Nc1ccc(NC(=O)CN2CCCCC2)cc1. The highest BCUT2D eigenvalue weighted by Crippen LogP contribution is 2.16. The number of aromatic nitrogens is 1. The Morgan fingerprint density at radius 1 is 0.966 bits per heavy atom. The van der Waals surface area contributed by atoms with Gasteiger partial charge in [-0.1, -0.05) is 6.42 Å². The van der Waals surface area contributed by atoms with Gasteiger partial charge in [0, 0.05) is 24.1 Å². The van der Waals surface area contributed by atoms with Gasteiger partial charge in [0.05, 0.1) is 6.54 Å². The molecule has 1 saturated heterocycles. The van der Waals surface area contributed by atoms with Gasteiger partial charge in [0.25, 0.3) is 11.5 Å². The van der Waals surface area contributed by atoms with Crippen LogP contribution in [-0.4, -0.2) is 40.9 Å². The smallest absolute Gasteiger partial charge is 0.263 e. The number of amides is 2. The van der Waals surface area contributed by atoms with Gasteiger partial charge >= 0.3 is 0 Å². The molecule has 1 aliphatic heterocycles. The van der Waals surface area contributed by atoms with Crippen molar-refractivity contribution in [3.05, 3.63) is 57.5 Å². The molecule has 7 nitrogen and oxygen atoms in total. The van der Waals surface area contributed by atoms with Gasteiger partial charge in [-0.3, -0.25) is 19.3 Å². The Morgan fingerprint density at radius 3 is 2.17 bits per heavy atom. The minimum atomic E-state index is -0.440. The number of nitrogens with zero attached hydrogens (tertiary/aromatic N) is 2. The summed E-state index contributed by atoms with van der Waals surface area (Å²) in [5, 5.41) is 5.65. The number of nitrogens with one attached hydrogen (secondary N) is 2. The number of rotatable bonds is 5. The highest BCUT2D eigenvalue weighted by atomic mass is 16.2. The van der Waals surface area contributed by atoms with Crippen molar-refractivity contribution in [2.75, 3.05) is 30.3 Å². The first-order valence-corrected chi connectivity index (χ1v) is 9.96. The number of anilines is 2. The summed E-state index contributed by atoms with van der Waals surface area (Å²) in [4.78, 5) is 39.4. The second kappa shape index (κ2) is 9.05. The van der Waals surface area contributed by atoms with E-state index in [0.717, 1.165) is 31.6 Å². The first-order valence-electron chi connectivity index (χ1n) is 9.96. The average Bonchev–Trinajstić information content (AvgIpc) is 2.68. The summed E-state index contributed by atoms with van der Waals surface area (Å²) in [5.74, 6) is -0.479. The monoisotopic (exact) mass is 396 g/mol. The van der Waals surface area contributed by atoms with Gasteiger partial charge in [-0.25, -0.2) is 0 Å². The van der Waals surface area contributed by atoms with Crippen LogP contribution in [0.2, 0.25) is 0 Å². The first kappa shape index (κ1) is 20.8. The summed E-state index contributed by atoms with van der Waals surface area (Å²) >= 11 is 0. The molecule has 0 spiro atoms. The molecule has 1 aromatic heterocycles. The molecular weight excluding hydrogens is 368 g/mol. The molecule has 0 atom stereocenters. The fourth-order valence-corrected chi connectivity index (χ4v) is 3.61. The van der Waals surface area contributed by atoms with Crippen molar-refractivity contribution in [3.63, 3.8) is 0 Å². The molecule has 0 aliphatic carbocycles. The predicted octanol–water partition coefficient (Wildman–Crippen LogP) is 2.68. The maximum absolute atomic E-state index is 12.6. The van der Waals surface area contributed by atoms with E-state index in [1.807, 2.05) is 13.0 Å². The number of carbonyl (C=O) groups is 2. The third-order valence-electron chi connectivity index (χ3n) is 5.34. The molecule has 0 saturated carbocycles. The van der Waals surface area contributed by atoms with E-state index in [-0.39, 0.29) is 17.0 Å². The van der Waals surface area contributed by atoms with Crippen molar-refractivity contribution in [3.8, 4) is 0 Å². The Morgan fingerprint density at radius 2 is 1.55 bits per heavy atom. The van der Waals surface area contributed by atoms with Crippen molar-refractivity contribution in [1.82, 2.24) is 9.47 Å². The van der Waals surface area contributed by atoms with Gasteiger partial charge in [-0.15, -0.1) is 0 Å². The number of hydrogen-bond acceptors (Lipinski definition) is 4. The van der Waals surface area contributed by atoms with Gasteiger partial charge < -0.3 is 15.2 Å². The normalized spacial score (nSPS) is 14.4. The lowest BCUT2D eigenvalue weighted by Gasteiger charge is -2.25. The van der Waals surface area contributed by atoms with E-state index in [1.54, 1.807) is 38.2 Å². The zero-order chi connectivity index (χ0) is 21.0. The summed E-state index contributed by atoms with van der Waals surface area (Å²) in [6.45, 7) is 5.92. The lowest BCUT2D eigenvalue weighted by molar-refractivity contribution is -0.117. The Hall–Kier alpha value is -2.93. The van der Waals surface area contributed by atoms with Crippen LogP contribution in [0.5, 0.6) is 0 Å². The molecule has 1 fully saturated rings. The van der Waals surface area contributed by atoms with Crippen LogP contribution >= 0.6 is 0 Å². The molecule has 0 bridgehead atoms. The predicted molar refractivity (Wildman–Crippen MR) is 114 cm³/mol. The van der Waals surface area contributed by atoms with Crippen LogP contribution in [0.3, 0.4) is 0 Å². The van der Waals surface area contributed by atoms with E-state index in [1.165, 1.54) is 11.0 Å². The largest absolute Gasteiger partial charge is 0.325 e. The lowest BCUT2D eigenvalue weighted by atomic mass is 10.1. The topological polar surface area (TPSA) is 83.4 Å². The van der Waals surface area contributed by atoms with E-state index < -0.39 is 5.91 Å². The third-order valence-corrected chi connectivity index (χ3v) is 5.34. The van der Waals surface area contributed by atoms with Crippen LogP contribution in [0, 0.1) is 13.8 Å². The van der Waals surface area contributed by atoms with Crippen LogP contribution in [-0.2, 0) is 11.8 Å². The minimum absolute atomic E-state index is 0.0394. The second-order valence-electron chi connectivity index (χ2n) is 7.62. The zero-order valence-electron chi connectivity index (χ0n) is 17.2. The maximum Gasteiger partial charge on any atom is 0.263 e. The molecule has 0 unspecified atom stereocenters. The van der Waals surface area contributed by atoms with Crippen molar-refractivity contribution in [2.24, 2.45) is 7.05 Å². The summed E-state index contributed by atoms with van der Waals surface area (Å²) in [7, 11) is 1.65. The summed E-state index contributed by atoms with van der Waals surface area (Å²) in [6.07, 6.45) is 3.52. The van der Waals surface area contributed by atoms with Crippen molar-refractivity contribution in [1.29, 1.82) is 0 Å². The minimum Gasteiger partial charge on any atom is -0.325 e. The molecular formula is C22H28N4O3. The fraction of sp³-hybridized carbons (Fsp3) is 0.409. The van der Waals surface area contributed by atoms with E-state index in [4.69, 9.17) is 0 Å². The summed E-state index contributed by atoms with van der Waals surface area (Å²) < 4.78 is 1.46. The van der Waals surface area contributed by atoms with Crippen LogP contribution < -0.4 is 16.2 Å². The summed E-state index contributed by atoms with van der Waals surface area (Å²) in [6, 6.07) is 8.72. The van der Waals surface area contributed by atoms with Crippen LogP contribution in [0.4, 0.5) is 11.4 Å². The van der Waals surface area contributed by atoms with Crippen LogP contribution in [0.15, 0.2) is 35.1 Å². The summed E-state index contributed by atoms with van der Waals surface area (Å²) in [5.41, 5.74) is 2.50. The van der Waals surface area contributed by atoms with Gasteiger partial charge in [-0.2, -0.15) is 0 Å². The maximum atomic E-state index is 12.6. The number of hydrogen-bond donors (Lipinski definition) is 2. The molecule has 2 heterocycles. The van der Waals surface area contributed by atoms with Crippen LogP contribution in [0.25, 0.3) is 0 Å². The van der Waals surface area contributed by atoms with E-state index in [2.05, 4.69) is 15.5 Å². The zero-order valence-corrected chi connectivity index (χ0v) is 17.2. The molecule has 0 radical (unpaired) electrons. The van der Waals surface area contributed by atoms with Crippen molar-refractivity contribution < 1.29 is 9.59 Å². The average molecular weight is 396 g/mol. The quantitative estimate of drug-likeness (QED) is 0.814. The molecule has 154 valence electrons. The number of benzene rings is 1. The molecule has 3 rings (SSSR count). The van der Waals surface area contributed by atoms with Crippen LogP contribution in [0.1, 0.15) is 40.9 Å². The molecule has 2 aromatic rings.